The molecule has 3 aliphatic rings. The summed E-state index contributed by atoms with van der Waals surface area (Å²) in [6, 6.07) is 13.9. The van der Waals surface area contributed by atoms with Crippen molar-refractivity contribution in [3.63, 3.8) is 0 Å². The summed E-state index contributed by atoms with van der Waals surface area (Å²) in [4.78, 5) is 20.4. The van der Waals surface area contributed by atoms with Crippen LogP contribution in [0.3, 0.4) is 0 Å². The van der Waals surface area contributed by atoms with Crippen LogP contribution in [0.4, 0.5) is 5.69 Å². The first-order valence-electron chi connectivity index (χ1n) is 13.5. The van der Waals surface area contributed by atoms with Crippen LogP contribution in [0.2, 0.25) is 0 Å². The van der Waals surface area contributed by atoms with E-state index in [9.17, 15) is 19.2 Å². The number of benzene rings is 1. The van der Waals surface area contributed by atoms with Crippen LogP contribution >= 0.6 is 10.6 Å². The van der Waals surface area contributed by atoms with E-state index in [1.807, 2.05) is 24.3 Å². The molecule has 1 amide bonds. The summed E-state index contributed by atoms with van der Waals surface area (Å²) in [5, 5.41) is 20.7. The van der Waals surface area contributed by atoms with Crippen LogP contribution in [-0.4, -0.2) is 60.3 Å². The summed E-state index contributed by atoms with van der Waals surface area (Å²) >= 11 is 0. The largest absolute Gasteiger partial charge is 0.439 e. The topological polar surface area (TPSA) is 148 Å². The minimum absolute atomic E-state index is 0.0893. The third-order valence-electron chi connectivity index (χ3n) is 8.09. The molecule has 6 rings (SSSR count). The van der Waals surface area contributed by atoms with Gasteiger partial charge in [-0.3, -0.25) is 13.9 Å². The zero-order valence-corrected chi connectivity index (χ0v) is 22.4. The molecule has 0 bridgehead atoms. The van der Waals surface area contributed by atoms with Crippen molar-refractivity contribution in [1.29, 1.82) is 5.26 Å². The first kappa shape index (κ1) is 25.8. The summed E-state index contributed by atoms with van der Waals surface area (Å²) in [6.45, 7) is 1.19. The summed E-state index contributed by atoms with van der Waals surface area (Å²) in [5.74, 6) is 1.21. The molecule has 3 N–H and O–H groups in total. The Morgan fingerprint density at radius 1 is 1.13 bits per heavy atom. The van der Waals surface area contributed by atoms with E-state index in [2.05, 4.69) is 26.5 Å². The molecule has 0 spiro atoms. The summed E-state index contributed by atoms with van der Waals surface area (Å²) in [5.41, 5.74) is 2.36. The Labute approximate surface area is 228 Å². The highest BCUT2D eigenvalue weighted by Gasteiger charge is 2.47. The third kappa shape index (κ3) is 5.37. The van der Waals surface area contributed by atoms with Gasteiger partial charge in [0.2, 0.25) is 11.8 Å². The van der Waals surface area contributed by atoms with Crippen molar-refractivity contribution >= 4 is 22.2 Å². The van der Waals surface area contributed by atoms with Crippen molar-refractivity contribution in [2.24, 2.45) is 5.92 Å². The lowest BCUT2D eigenvalue weighted by Crippen LogP contribution is -2.42. The summed E-state index contributed by atoms with van der Waals surface area (Å²) in [6.07, 6.45) is 6.43. The number of carbonyl (C=O) groups is 1. The lowest BCUT2D eigenvalue weighted by Gasteiger charge is -2.41. The van der Waals surface area contributed by atoms with Gasteiger partial charge in [0.05, 0.1) is 17.6 Å². The summed E-state index contributed by atoms with van der Waals surface area (Å²) < 4.78 is 26.3. The van der Waals surface area contributed by atoms with Gasteiger partial charge in [0.15, 0.2) is 0 Å². The van der Waals surface area contributed by atoms with Crippen LogP contribution in [0.15, 0.2) is 47.0 Å². The molecule has 2 atom stereocenters. The number of hydrogen-bond acceptors (Lipinski definition) is 9. The maximum atomic E-state index is 13.4. The number of oxazole rings is 1. The van der Waals surface area contributed by atoms with Crippen molar-refractivity contribution < 1.29 is 18.3 Å². The van der Waals surface area contributed by atoms with Gasteiger partial charge in [0.25, 0.3) is 0 Å². The molecule has 10 nitrogen and oxygen atoms in total. The predicted molar refractivity (Wildman–Crippen MR) is 148 cm³/mol. The Morgan fingerprint density at radius 3 is 2.54 bits per heavy atom. The molecule has 2 aliphatic carbocycles. The predicted octanol–water partition coefficient (Wildman–Crippen LogP) is 4.82. The molecule has 3 aromatic rings. The van der Waals surface area contributed by atoms with Gasteiger partial charge in [0, 0.05) is 42.4 Å². The van der Waals surface area contributed by atoms with E-state index in [1.54, 1.807) is 18.3 Å². The SMILES string of the molecule is N#CC1(NC(=O)[C@@H]2CCCC[C@H]2c2oc(-c3cccnn3)nc2-c2ccc(N3CCS(O)(O)CC3)cc2)CC1. The average molecular weight is 549 g/mol. The molecule has 11 heteroatoms. The van der Waals surface area contributed by atoms with Crippen molar-refractivity contribution in [3.05, 3.63) is 48.4 Å². The molecular weight excluding hydrogens is 516 g/mol. The van der Waals surface area contributed by atoms with E-state index < -0.39 is 16.1 Å². The molecule has 3 heterocycles. The van der Waals surface area contributed by atoms with E-state index in [-0.39, 0.29) is 17.7 Å². The standard InChI is InChI=1S/C28H32N6O4S/c29-18-28(11-12-28)32-26(35)22-5-2-1-4-21(22)25-24(31-27(38-25)23-6-3-13-30-33-23)19-7-9-20(10-8-19)34-14-16-39(36,37)17-15-34/h3,6-10,13,21-22,36-37H,1-2,4-5,11-12,14-17H2,(H,32,35)/t21-,22-/m1/s1. The molecule has 2 aromatic heterocycles. The minimum atomic E-state index is -2.46. The van der Waals surface area contributed by atoms with Gasteiger partial charge in [-0.25, -0.2) is 4.98 Å². The number of nitriles is 1. The smallest absolute Gasteiger partial charge is 0.247 e. The maximum absolute atomic E-state index is 13.4. The van der Waals surface area contributed by atoms with Crippen LogP contribution in [-0.2, 0) is 4.79 Å². The molecule has 39 heavy (non-hydrogen) atoms. The first-order chi connectivity index (χ1) is 18.9. The van der Waals surface area contributed by atoms with Crippen LogP contribution < -0.4 is 10.2 Å². The zero-order valence-electron chi connectivity index (χ0n) is 21.6. The second-order valence-electron chi connectivity index (χ2n) is 10.8. The Morgan fingerprint density at radius 2 is 1.87 bits per heavy atom. The van der Waals surface area contributed by atoms with E-state index in [4.69, 9.17) is 9.40 Å². The number of carbonyl (C=O) groups excluding carboxylic acids is 1. The summed E-state index contributed by atoms with van der Waals surface area (Å²) in [7, 11) is -2.46. The zero-order chi connectivity index (χ0) is 27.0. The molecule has 1 saturated heterocycles. The van der Waals surface area contributed by atoms with Crippen LogP contribution in [0.5, 0.6) is 0 Å². The van der Waals surface area contributed by atoms with Crippen LogP contribution in [0, 0.1) is 17.2 Å². The van der Waals surface area contributed by atoms with E-state index in [0.29, 0.717) is 60.5 Å². The molecule has 3 fully saturated rings. The van der Waals surface area contributed by atoms with Gasteiger partial charge in [-0.1, -0.05) is 25.0 Å². The highest BCUT2D eigenvalue weighted by atomic mass is 32.3. The van der Waals surface area contributed by atoms with Crippen LogP contribution in [0.1, 0.15) is 50.2 Å². The Hall–Kier alpha value is -3.46. The maximum Gasteiger partial charge on any atom is 0.247 e. The highest BCUT2D eigenvalue weighted by molar-refractivity contribution is 8.24. The fourth-order valence-corrected chi connectivity index (χ4v) is 6.84. The van der Waals surface area contributed by atoms with Crippen molar-refractivity contribution in [3.8, 4) is 28.9 Å². The van der Waals surface area contributed by atoms with Gasteiger partial charge in [-0.05, 0) is 49.9 Å². The second kappa shape index (κ2) is 10.3. The molecule has 0 unspecified atom stereocenters. The first-order valence-corrected chi connectivity index (χ1v) is 15.4. The fourth-order valence-electron chi connectivity index (χ4n) is 5.61. The monoisotopic (exact) mass is 548 g/mol. The van der Waals surface area contributed by atoms with Gasteiger partial charge in [-0.15, -0.1) is 5.10 Å². The lowest BCUT2D eigenvalue weighted by atomic mass is 9.76. The van der Waals surface area contributed by atoms with Crippen molar-refractivity contribution in [1.82, 2.24) is 20.5 Å². The normalized spacial score (nSPS) is 24.4. The number of aromatic nitrogens is 3. The second-order valence-corrected chi connectivity index (χ2v) is 13.2. The number of anilines is 1. The number of rotatable bonds is 6. The van der Waals surface area contributed by atoms with Crippen molar-refractivity contribution in [2.45, 2.75) is 50.0 Å². The number of amides is 1. The fraction of sp³-hybridized carbons (Fsp3) is 0.464. The Kier molecular flexibility index (Phi) is 6.79. The van der Waals surface area contributed by atoms with Gasteiger partial charge < -0.3 is 14.6 Å². The molecular formula is C28H32N6O4S. The number of hydrogen-bond donors (Lipinski definition) is 3. The molecule has 2 saturated carbocycles. The Bertz CT molecular complexity index is 1370. The molecule has 0 radical (unpaired) electrons. The number of nitrogens with one attached hydrogen (secondary N) is 1. The van der Waals surface area contributed by atoms with E-state index in [0.717, 1.165) is 36.9 Å². The van der Waals surface area contributed by atoms with Gasteiger partial charge in [-0.2, -0.15) is 21.0 Å². The third-order valence-corrected chi connectivity index (χ3v) is 9.77. The minimum Gasteiger partial charge on any atom is -0.439 e. The van der Waals surface area contributed by atoms with Gasteiger partial charge >= 0.3 is 0 Å². The van der Waals surface area contributed by atoms with Gasteiger partial charge in [0.1, 0.15) is 22.7 Å². The molecule has 1 aliphatic heterocycles. The lowest BCUT2D eigenvalue weighted by molar-refractivity contribution is -0.127. The number of nitrogens with zero attached hydrogens (tertiary/aromatic N) is 5. The Balaban J connectivity index is 1.33. The molecule has 204 valence electrons. The van der Waals surface area contributed by atoms with E-state index in [1.165, 1.54) is 0 Å². The molecule has 1 aromatic carbocycles. The van der Waals surface area contributed by atoms with Crippen molar-refractivity contribution in [2.75, 3.05) is 29.5 Å². The highest BCUT2D eigenvalue weighted by Crippen LogP contribution is 2.45. The van der Waals surface area contributed by atoms with E-state index >= 15 is 0 Å². The quantitative estimate of drug-likeness (QED) is 0.394. The van der Waals surface area contributed by atoms with Crippen LogP contribution in [0.25, 0.3) is 22.8 Å². The average Bonchev–Trinajstić information content (AvgIpc) is 3.60.